The maximum absolute atomic E-state index is 13.5. The van der Waals surface area contributed by atoms with E-state index in [1.807, 2.05) is 11.9 Å². The number of methoxy groups -OCH3 is 1. The molecule has 0 saturated carbocycles. The van der Waals surface area contributed by atoms with Crippen molar-refractivity contribution in [3.8, 4) is 5.75 Å². The molecule has 1 aromatic rings. The van der Waals surface area contributed by atoms with Gasteiger partial charge in [0.05, 0.1) is 12.6 Å². The van der Waals surface area contributed by atoms with E-state index in [2.05, 4.69) is 15.9 Å². The third kappa shape index (κ3) is 3.42. The number of rotatable bonds is 5. The number of hydrogen-bond donors (Lipinski definition) is 0. The topological polar surface area (TPSA) is 12.5 Å². The zero-order chi connectivity index (χ0) is 12.1. The number of benzene rings is 1. The number of hydrogen-bond acceptors (Lipinski definition) is 2. The molecule has 0 unspecified atom stereocenters. The van der Waals surface area contributed by atoms with Gasteiger partial charge < -0.3 is 4.74 Å². The Morgan fingerprint density at radius 1 is 1.31 bits per heavy atom. The molecule has 0 heterocycles. The van der Waals surface area contributed by atoms with Crippen LogP contribution in [0.15, 0.2) is 12.1 Å². The van der Waals surface area contributed by atoms with Crippen molar-refractivity contribution in [2.24, 2.45) is 0 Å². The summed E-state index contributed by atoms with van der Waals surface area (Å²) in [4.78, 5) is 1.96. The first-order chi connectivity index (χ1) is 7.58. The molecular formula is C11H14BrF2NO. The second-order valence-electron chi connectivity index (χ2n) is 3.53. The minimum absolute atomic E-state index is 0.0601. The van der Waals surface area contributed by atoms with Gasteiger partial charge in [0.1, 0.15) is 5.82 Å². The Balaban J connectivity index is 2.77. The van der Waals surface area contributed by atoms with E-state index in [0.717, 1.165) is 6.07 Å². The molecule has 90 valence electrons. The normalized spacial score (nSPS) is 10.9. The van der Waals surface area contributed by atoms with Crippen molar-refractivity contribution in [3.63, 3.8) is 0 Å². The number of nitrogens with zero attached hydrogens (tertiary/aromatic N) is 1. The first-order valence-electron chi connectivity index (χ1n) is 4.85. The van der Waals surface area contributed by atoms with Crippen molar-refractivity contribution in [1.82, 2.24) is 4.90 Å². The number of halogens is 3. The average molecular weight is 294 g/mol. The molecule has 2 nitrogen and oxygen atoms in total. The van der Waals surface area contributed by atoms with E-state index in [0.29, 0.717) is 24.0 Å². The highest BCUT2D eigenvalue weighted by atomic mass is 79.9. The van der Waals surface area contributed by atoms with E-state index in [9.17, 15) is 8.78 Å². The number of alkyl halides is 1. The largest absolute Gasteiger partial charge is 0.494 e. The second-order valence-corrected chi connectivity index (χ2v) is 4.03. The van der Waals surface area contributed by atoms with E-state index in [4.69, 9.17) is 4.74 Å². The predicted octanol–water partition coefficient (Wildman–Crippen LogP) is 2.80. The van der Waals surface area contributed by atoms with Crippen LogP contribution in [-0.2, 0) is 6.42 Å². The molecule has 16 heavy (non-hydrogen) atoms. The summed E-state index contributed by atoms with van der Waals surface area (Å²) in [6.45, 7) is 0.661. The monoisotopic (exact) mass is 293 g/mol. The van der Waals surface area contributed by atoms with Crippen LogP contribution in [0.1, 0.15) is 5.56 Å². The van der Waals surface area contributed by atoms with Gasteiger partial charge in [-0.1, -0.05) is 15.9 Å². The molecule has 0 N–H and O–H groups in total. The smallest absolute Gasteiger partial charge is 0.165 e. The van der Waals surface area contributed by atoms with Gasteiger partial charge in [-0.15, -0.1) is 0 Å². The van der Waals surface area contributed by atoms with Gasteiger partial charge in [-0.05, 0) is 25.1 Å². The molecular weight excluding hydrogens is 280 g/mol. The summed E-state index contributed by atoms with van der Waals surface area (Å²) in [5.41, 5.74) is 1.07. The zero-order valence-corrected chi connectivity index (χ0v) is 10.9. The van der Waals surface area contributed by atoms with Crippen molar-refractivity contribution in [3.05, 3.63) is 29.3 Å². The third-order valence-corrected chi connectivity index (χ3v) is 3.14. The fraction of sp³-hybridized carbons (Fsp3) is 0.455. The first kappa shape index (κ1) is 13.4. The van der Waals surface area contributed by atoms with Gasteiger partial charge in [-0.3, -0.25) is 4.90 Å². The Kier molecular flexibility index (Phi) is 5.15. The lowest BCUT2D eigenvalue weighted by atomic mass is 10.1. The summed E-state index contributed by atoms with van der Waals surface area (Å²) in [6, 6.07) is 2.27. The predicted molar refractivity (Wildman–Crippen MR) is 63.0 cm³/mol. The molecule has 0 aliphatic rings. The molecule has 0 amide bonds. The van der Waals surface area contributed by atoms with Crippen LogP contribution in [0, 0.1) is 11.6 Å². The summed E-state index contributed by atoms with van der Waals surface area (Å²) < 4.78 is 31.5. The molecule has 0 bridgehead atoms. The Morgan fingerprint density at radius 3 is 2.56 bits per heavy atom. The first-order valence-corrected chi connectivity index (χ1v) is 5.97. The molecule has 0 atom stereocenters. The summed E-state index contributed by atoms with van der Waals surface area (Å²) in [5, 5.41) is 0. The van der Waals surface area contributed by atoms with E-state index in [-0.39, 0.29) is 5.75 Å². The van der Waals surface area contributed by atoms with Crippen molar-refractivity contribution < 1.29 is 13.5 Å². The Bertz CT molecular complexity index is 360. The molecule has 1 aromatic carbocycles. The molecule has 5 heteroatoms. The highest BCUT2D eigenvalue weighted by Gasteiger charge is 2.10. The van der Waals surface area contributed by atoms with Crippen LogP contribution in [-0.4, -0.2) is 31.1 Å². The van der Waals surface area contributed by atoms with E-state index < -0.39 is 11.6 Å². The third-order valence-electron chi connectivity index (χ3n) is 2.29. The van der Waals surface area contributed by atoms with Gasteiger partial charge in [0.15, 0.2) is 11.6 Å². The van der Waals surface area contributed by atoms with Gasteiger partial charge in [0, 0.05) is 12.6 Å². The van der Waals surface area contributed by atoms with Crippen LogP contribution >= 0.6 is 15.9 Å². The minimum atomic E-state index is -0.527. The van der Waals surface area contributed by atoms with Crippen LogP contribution < -0.4 is 4.74 Å². The van der Waals surface area contributed by atoms with Crippen LogP contribution in [0.5, 0.6) is 5.75 Å². The van der Waals surface area contributed by atoms with E-state index >= 15 is 0 Å². The van der Waals surface area contributed by atoms with Crippen molar-refractivity contribution in [2.75, 3.05) is 26.2 Å². The van der Waals surface area contributed by atoms with Crippen molar-refractivity contribution in [2.45, 2.75) is 6.42 Å². The minimum Gasteiger partial charge on any atom is -0.494 e. The average Bonchev–Trinajstić information content (AvgIpc) is 2.29. The molecule has 0 aliphatic heterocycles. The Hall–Kier alpha value is -0.680. The van der Waals surface area contributed by atoms with Crippen molar-refractivity contribution >= 4 is 15.9 Å². The van der Waals surface area contributed by atoms with Crippen LogP contribution in [0.3, 0.4) is 0 Å². The van der Waals surface area contributed by atoms with Gasteiger partial charge in [-0.2, -0.15) is 0 Å². The molecule has 0 fully saturated rings. The van der Waals surface area contributed by atoms with Crippen LogP contribution in [0.4, 0.5) is 8.78 Å². The lowest BCUT2D eigenvalue weighted by Gasteiger charge is -2.13. The molecule has 0 saturated heterocycles. The summed E-state index contributed by atoms with van der Waals surface area (Å²) >= 11 is 3.28. The maximum Gasteiger partial charge on any atom is 0.165 e. The van der Waals surface area contributed by atoms with E-state index in [1.165, 1.54) is 13.2 Å². The maximum atomic E-state index is 13.5. The molecule has 0 radical (unpaired) electrons. The highest BCUT2D eigenvalue weighted by molar-refractivity contribution is 9.09. The summed E-state index contributed by atoms with van der Waals surface area (Å²) in [5.74, 6) is -1.02. The Morgan fingerprint density at radius 2 is 2.00 bits per heavy atom. The molecule has 0 aliphatic carbocycles. The SMILES string of the molecule is COc1cc(F)c(CCN(C)CBr)cc1F. The number of likely N-dealkylation sites (N-methyl/N-ethyl adjacent to an activating group) is 1. The number of ether oxygens (including phenoxy) is 1. The summed E-state index contributed by atoms with van der Waals surface area (Å²) in [7, 11) is 3.21. The highest BCUT2D eigenvalue weighted by Crippen LogP contribution is 2.21. The van der Waals surface area contributed by atoms with Gasteiger partial charge in [0.2, 0.25) is 0 Å². The van der Waals surface area contributed by atoms with Gasteiger partial charge in [-0.25, -0.2) is 8.78 Å². The quantitative estimate of drug-likeness (QED) is 0.611. The molecule has 0 aromatic heterocycles. The van der Waals surface area contributed by atoms with Gasteiger partial charge >= 0.3 is 0 Å². The van der Waals surface area contributed by atoms with Gasteiger partial charge in [0.25, 0.3) is 0 Å². The fourth-order valence-corrected chi connectivity index (χ4v) is 1.54. The summed E-state index contributed by atoms with van der Waals surface area (Å²) in [6.07, 6.45) is 0.467. The lowest BCUT2D eigenvalue weighted by molar-refractivity contribution is 0.378. The zero-order valence-electron chi connectivity index (χ0n) is 9.27. The lowest BCUT2D eigenvalue weighted by Crippen LogP contribution is -2.19. The van der Waals surface area contributed by atoms with Crippen molar-refractivity contribution in [1.29, 1.82) is 0 Å². The fourth-order valence-electron chi connectivity index (χ4n) is 1.29. The van der Waals surface area contributed by atoms with E-state index in [1.54, 1.807) is 0 Å². The van der Waals surface area contributed by atoms with Crippen LogP contribution in [0.2, 0.25) is 0 Å². The molecule has 0 spiro atoms. The Labute approximate surface area is 102 Å². The van der Waals surface area contributed by atoms with Crippen LogP contribution in [0.25, 0.3) is 0 Å². The molecule has 1 rings (SSSR count). The second kappa shape index (κ2) is 6.15. The standard InChI is InChI=1S/C11H14BrF2NO/c1-15(7-12)4-3-8-5-10(14)11(16-2)6-9(8)13/h5-6H,3-4,7H2,1-2H3.